The first-order valence-electron chi connectivity index (χ1n) is 7.83. The van der Waals surface area contributed by atoms with Gasteiger partial charge in [-0.2, -0.15) is 0 Å². The van der Waals surface area contributed by atoms with Crippen LogP contribution in [0.1, 0.15) is 31.2 Å². The van der Waals surface area contributed by atoms with Gasteiger partial charge >= 0.3 is 0 Å². The molecular formula is C16H23N5OS. The maximum atomic E-state index is 11.9. The van der Waals surface area contributed by atoms with Crippen LogP contribution in [-0.4, -0.2) is 33.1 Å². The molecule has 0 atom stereocenters. The number of nitrogen functional groups attached to an aromatic ring is 1. The van der Waals surface area contributed by atoms with Crippen molar-refractivity contribution < 1.29 is 4.79 Å². The summed E-state index contributed by atoms with van der Waals surface area (Å²) < 4.78 is 1.48. The number of nitrogens with one attached hydrogen (secondary N) is 1. The van der Waals surface area contributed by atoms with E-state index in [9.17, 15) is 4.79 Å². The number of carbonyl (C=O) groups excluding carboxylic acids is 1. The molecule has 23 heavy (non-hydrogen) atoms. The third-order valence-electron chi connectivity index (χ3n) is 3.40. The molecule has 1 heterocycles. The van der Waals surface area contributed by atoms with E-state index >= 15 is 0 Å². The Balaban J connectivity index is 1.71. The number of hydrogen-bond acceptors (Lipinski definition) is 5. The van der Waals surface area contributed by atoms with Crippen molar-refractivity contribution in [1.29, 1.82) is 0 Å². The van der Waals surface area contributed by atoms with Crippen molar-refractivity contribution in [2.45, 2.75) is 37.8 Å². The van der Waals surface area contributed by atoms with Gasteiger partial charge in [-0.1, -0.05) is 55.4 Å². The van der Waals surface area contributed by atoms with Crippen LogP contribution in [-0.2, 0) is 17.6 Å². The second-order valence-corrected chi connectivity index (χ2v) is 6.19. The number of hydrogen-bond donors (Lipinski definition) is 2. The first-order valence-corrected chi connectivity index (χ1v) is 8.82. The Labute approximate surface area is 140 Å². The fourth-order valence-electron chi connectivity index (χ4n) is 2.08. The summed E-state index contributed by atoms with van der Waals surface area (Å²) in [6.07, 6.45) is 3.74. The van der Waals surface area contributed by atoms with Crippen LogP contribution < -0.4 is 11.2 Å². The predicted molar refractivity (Wildman–Crippen MR) is 92.7 cm³/mol. The van der Waals surface area contributed by atoms with Gasteiger partial charge in [0.1, 0.15) is 0 Å². The Hall–Kier alpha value is -2.02. The second kappa shape index (κ2) is 9.19. The molecule has 0 saturated heterocycles. The SMILES string of the molecule is CCCCc1nnc(SCC(=O)NCCc2ccccc2)n1N. The van der Waals surface area contributed by atoms with Crippen LogP contribution >= 0.6 is 11.8 Å². The number of nitrogens with zero attached hydrogens (tertiary/aromatic N) is 3. The third kappa shape index (κ3) is 5.59. The highest BCUT2D eigenvalue weighted by molar-refractivity contribution is 7.99. The first kappa shape index (κ1) is 17.3. The van der Waals surface area contributed by atoms with Crippen molar-refractivity contribution in [2.75, 3.05) is 18.1 Å². The Morgan fingerprint density at radius 2 is 2.04 bits per heavy atom. The predicted octanol–water partition coefficient (Wildman–Crippen LogP) is 1.79. The Bertz CT molecular complexity index is 614. The number of carbonyl (C=O) groups is 1. The number of nitrogens with two attached hydrogens (primary N) is 1. The fourth-order valence-corrected chi connectivity index (χ4v) is 2.79. The average molecular weight is 333 g/mol. The van der Waals surface area contributed by atoms with Crippen molar-refractivity contribution in [3.63, 3.8) is 0 Å². The standard InChI is InChI=1S/C16H23N5OS/c1-2-3-9-14-19-20-16(21(14)17)23-12-15(22)18-11-10-13-7-5-4-6-8-13/h4-8H,2-3,9-12,17H2,1H3,(H,18,22). The van der Waals surface area contributed by atoms with Crippen LogP contribution in [0.2, 0.25) is 0 Å². The summed E-state index contributed by atoms with van der Waals surface area (Å²) in [7, 11) is 0. The number of thioether (sulfide) groups is 1. The zero-order chi connectivity index (χ0) is 16.5. The summed E-state index contributed by atoms with van der Waals surface area (Å²) in [5, 5.41) is 11.6. The lowest BCUT2D eigenvalue weighted by Gasteiger charge is -2.05. The zero-order valence-electron chi connectivity index (χ0n) is 13.4. The summed E-state index contributed by atoms with van der Waals surface area (Å²) in [6, 6.07) is 10.1. The molecule has 2 rings (SSSR count). The molecule has 0 fully saturated rings. The van der Waals surface area contributed by atoms with Gasteiger partial charge in [-0.15, -0.1) is 10.2 Å². The van der Waals surface area contributed by atoms with E-state index in [1.807, 2.05) is 18.2 Å². The highest BCUT2D eigenvalue weighted by Crippen LogP contribution is 2.15. The van der Waals surface area contributed by atoms with Crippen molar-refractivity contribution >= 4 is 17.7 Å². The molecular weight excluding hydrogens is 310 g/mol. The maximum Gasteiger partial charge on any atom is 0.230 e. The van der Waals surface area contributed by atoms with Crippen molar-refractivity contribution in [1.82, 2.24) is 20.2 Å². The molecule has 1 aromatic carbocycles. The minimum Gasteiger partial charge on any atom is -0.355 e. The van der Waals surface area contributed by atoms with Gasteiger partial charge in [0.25, 0.3) is 0 Å². The van der Waals surface area contributed by atoms with Gasteiger partial charge in [0.05, 0.1) is 5.75 Å². The molecule has 3 N–H and O–H groups in total. The molecule has 1 amide bonds. The topological polar surface area (TPSA) is 85.8 Å². The van der Waals surface area contributed by atoms with Gasteiger partial charge < -0.3 is 11.2 Å². The normalized spacial score (nSPS) is 10.7. The minimum absolute atomic E-state index is 0.0240. The minimum atomic E-state index is -0.0240. The Kier molecular flexibility index (Phi) is 6.93. The molecule has 6 nitrogen and oxygen atoms in total. The van der Waals surface area contributed by atoms with Gasteiger partial charge in [-0.25, -0.2) is 4.68 Å². The van der Waals surface area contributed by atoms with E-state index in [1.54, 1.807) is 0 Å². The van der Waals surface area contributed by atoms with E-state index in [2.05, 4.69) is 34.6 Å². The third-order valence-corrected chi connectivity index (χ3v) is 4.34. The number of unbranched alkanes of at least 4 members (excludes halogenated alkanes) is 1. The van der Waals surface area contributed by atoms with Gasteiger partial charge in [0, 0.05) is 13.0 Å². The Morgan fingerprint density at radius 3 is 2.78 bits per heavy atom. The van der Waals surface area contributed by atoms with Crippen molar-refractivity contribution in [2.24, 2.45) is 0 Å². The smallest absolute Gasteiger partial charge is 0.230 e. The molecule has 7 heteroatoms. The molecule has 0 radical (unpaired) electrons. The summed E-state index contributed by atoms with van der Waals surface area (Å²) in [4.78, 5) is 11.9. The van der Waals surface area contributed by atoms with Gasteiger partial charge in [0.2, 0.25) is 11.1 Å². The molecule has 0 aliphatic rings. The second-order valence-electron chi connectivity index (χ2n) is 5.25. The van der Waals surface area contributed by atoms with Crippen molar-refractivity contribution in [3.8, 4) is 0 Å². The molecule has 0 spiro atoms. The van der Waals surface area contributed by atoms with Crippen LogP contribution in [0.4, 0.5) is 0 Å². The molecule has 0 aliphatic heterocycles. The van der Waals surface area contributed by atoms with Crippen molar-refractivity contribution in [3.05, 3.63) is 41.7 Å². The molecule has 0 unspecified atom stereocenters. The molecule has 0 aliphatic carbocycles. The van der Waals surface area contributed by atoms with E-state index in [1.165, 1.54) is 22.0 Å². The lowest BCUT2D eigenvalue weighted by atomic mass is 10.1. The molecule has 1 aromatic heterocycles. The lowest BCUT2D eigenvalue weighted by Crippen LogP contribution is -2.27. The summed E-state index contributed by atoms with van der Waals surface area (Å²) in [5.74, 6) is 6.97. The van der Waals surface area contributed by atoms with Gasteiger partial charge in [-0.05, 0) is 18.4 Å². The van der Waals surface area contributed by atoms with E-state index < -0.39 is 0 Å². The highest BCUT2D eigenvalue weighted by Gasteiger charge is 2.11. The largest absolute Gasteiger partial charge is 0.355 e. The maximum absolute atomic E-state index is 11.9. The van der Waals surface area contributed by atoms with E-state index in [-0.39, 0.29) is 11.7 Å². The Morgan fingerprint density at radius 1 is 1.26 bits per heavy atom. The highest BCUT2D eigenvalue weighted by atomic mass is 32.2. The zero-order valence-corrected chi connectivity index (χ0v) is 14.2. The average Bonchev–Trinajstić information content (AvgIpc) is 2.92. The number of aryl methyl sites for hydroxylation is 1. The van der Waals surface area contributed by atoms with E-state index in [0.29, 0.717) is 11.7 Å². The van der Waals surface area contributed by atoms with Crippen LogP contribution in [0, 0.1) is 0 Å². The summed E-state index contributed by atoms with van der Waals surface area (Å²) >= 11 is 1.31. The fraction of sp³-hybridized carbons (Fsp3) is 0.438. The van der Waals surface area contributed by atoms with Crippen LogP contribution in [0.25, 0.3) is 0 Å². The lowest BCUT2D eigenvalue weighted by molar-refractivity contribution is -0.118. The summed E-state index contributed by atoms with van der Waals surface area (Å²) in [6.45, 7) is 2.74. The molecule has 2 aromatic rings. The van der Waals surface area contributed by atoms with E-state index in [4.69, 9.17) is 5.84 Å². The first-order chi connectivity index (χ1) is 11.2. The number of amides is 1. The molecule has 124 valence electrons. The van der Waals surface area contributed by atoms with Crippen LogP contribution in [0.3, 0.4) is 0 Å². The van der Waals surface area contributed by atoms with Gasteiger partial charge in [0.15, 0.2) is 5.82 Å². The van der Waals surface area contributed by atoms with Crippen LogP contribution in [0.5, 0.6) is 0 Å². The number of benzene rings is 1. The monoisotopic (exact) mass is 333 g/mol. The number of aromatic nitrogens is 3. The van der Waals surface area contributed by atoms with Crippen LogP contribution in [0.15, 0.2) is 35.5 Å². The molecule has 0 saturated carbocycles. The quantitative estimate of drug-likeness (QED) is 0.540. The van der Waals surface area contributed by atoms with E-state index in [0.717, 1.165) is 31.5 Å². The molecule has 0 bridgehead atoms. The number of rotatable bonds is 9. The van der Waals surface area contributed by atoms with Gasteiger partial charge in [-0.3, -0.25) is 4.79 Å². The summed E-state index contributed by atoms with van der Waals surface area (Å²) in [5.41, 5.74) is 1.21.